The molecule has 10 nitrogen and oxygen atoms in total. The van der Waals surface area contributed by atoms with Crippen molar-refractivity contribution in [2.45, 2.75) is 11.7 Å². The molecule has 0 spiro atoms. The Morgan fingerprint density at radius 2 is 1.12 bits per heavy atom. The summed E-state index contributed by atoms with van der Waals surface area (Å²) < 4.78 is 15.2. The lowest BCUT2D eigenvalue weighted by Crippen LogP contribution is -2.07. The van der Waals surface area contributed by atoms with Crippen molar-refractivity contribution in [1.82, 2.24) is 15.0 Å². The van der Waals surface area contributed by atoms with Gasteiger partial charge in [-0.3, -0.25) is 0 Å². The molecule has 0 saturated carbocycles. The number of methoxy groups -OCH3 is 2. The van der Waals surface area contributed by atoms with E-state index in [2.05, 4.69) is 35.3 Å². The normalized spacial score (nSPS) is 14.1. The first-order chi connectivity index (χ1) is 21.1. The van der Waals surface area contributed by atoms with Gasteiger partial charge in [-0.1, -0.05) is 30.3 Å². The second kappa shape index (κ2) is 12.7. The van der Waals surface area contributed by atoms with Gasteiger partial charge in [-0.05, 0) is 84.2 Å². The number of benzene rings is 4. The fraction of sp³-hybridized carbons (Fsp3) is 0.125. The summed E-state index contributed by atoms with van der Waals surface area (Å²) in [5.74, 6) is 2.90. The van der Waals surface area contributed by atoms with Crippen LogP contribution in [0.3, 0.4) is 0 Å². The number of anilines is 6. The second-order valence-corrected chi connectivity index (χ2v) is 10.6. The van der Waals surface area contributed by atoms with Gasteiger partial charge in [-0.15, -0.1) is 0 Å². The van der Waals surface area contributed by atoms with Crippen molar-refractivity contribution in [3.05, 3.63) is 108 Å². The standard InChI is InChI=1S/C32H29N7O3S/c1-41-24-15-11-22(12-16-24)34-31-36-30(37-32(38-31)35-23-13-17-25(42-2)18-14-23)33-21-9-7-20(8-10-21)27-19-29(43-39-27)26-5-3-4-6-28(26)40/h3-18,29,40H,19H2,1-2H3,(H3,33,34,35,36,37,38). The van der Waals surface area contributed by atoms with E-state index in [0.717, 1.165) is 51.8 Å². The highest BCUT2D eigenvalue weighted by Gasteiger charge is 2.24. The molecule has 6 rings (SSSR count). The first kappa shape index (κ1) is 27.9. The highest BCUT2D eigenvalue weighted by atomic mass is 32.2. The number of phenols is 1. The zero-order valence-corrected chi connectivity index (χ0v) is 24.3. The molecule has 1 atom stereocenters. The van der Waals surface area contributed by atoms with Crippen LogP contribution in [0.2, 0.25) is 0 Å². The zero-order valence-electron chi connectivity index (χ0n) is 23.5. The molecular weight excluding hydrogens is 562 g/mol. The Bertz CT molecular complexity index is 1660. The lowest BCUT2D eigenvalue weighted by atomic mass is 10.0. The fourth-order valence-electron chi connectivity index (χ4n) is 4.50. The molecular formula is C32H29N7O3S. The first-order valence-corrected chi connectivity index (χ1v) is 14.4. The smallest absolute Gasteiger partial charge is 0.233 e. The van der Waals surface area contributed by atoms with Crippen molar-refractivity contribution >= 4 is 52.6 Å². The summed E-state index contributed by atoms with van der Waals surface area (Å²) in [7, 11) is 3.26. The van der Waals surface area contributed by atoms with Gasteiger partial charge in [0.2, 0.25) is 17.8 Å². The molecule has 4 N–H and O–H groups in total. The van der Waals surface area contributed by atoms with Crippen molar-refractivity contribution in [3.63, 3.8) is 0 Å². The van der Waals surface area contributed by atoms with Crippen LogP contribution in [0.15, 0.2) is 101 Å². The van der Waals surface area contributed by atoms with Crippen LogP contribution in [0, 0.1) is 0 Å². The predicted octanol–water partition coefficient (Wildman–Crippen LogP) is 7.41. The SMILES string of the molecule is COc1ccc(Nc2nc(Nc3ccc(OC)cc3)nc(Nc3ccc(C4=NSC(c5ccccc5O)C4)cc3)n2)cc1. The highest BCUT2D eigenvalue weighted by Crippen LogP contribution is 2.43. The summed E-state index contributed by atoms with van der Waals surface area (Å²) in [5.41, 5.74) is 5.32. The van der Waals surface area contributed by atoms with E-state index in [-0.39, 0.29) is 5.25 Å². The molecule has 1 aromatic heterocycles. The molecule has 0 fully saturated rings. The van der Waals surface area contributed by atoms with E-state index < -0.39 is 0 Å². The van der Waals surface area contributed by atoms with Crippen LogP contribution in [-0.2, 0) is 0 Å². The Kier molecular flexibility index (Phi) is 8.23. The third-order valence-electron chi connectivity index (χ3n) is 6.75. The van der Waals surface area contributed by atoms with Crippen LogP contribution in [0.1, 0.15) is 22.8 Å². The molecule has 0 bridgehead atoms. The Labute approximate surface area is 253 Å². The number of ether oxygens (including phenoxy) is 2. The lowest BCUT2D eigenvalue weighted by Gasteiger charge is -2.12. The van der Waals surface area contributed by atoms with Gasteiger partial charge < -0.3 is 30.5 Å². The largest absolute Gasteiger partial charge is 0.508 e. The van der Waals surface area contributed by atoms with Crippen molar-refractivity contribution in [1.29, 1.82) is 0 Å². The van der Waals surface area contributed by atoms with Crippen molar-refractivity contribution in [2.24, 2.45) is 4.40 Å². The summed E-state index contributed by atoms with van der Waals surface area (Å²) in [6.45, 7) is 0. The minimum atomic E-state index is 0.0902. The molecule has 0 saturated heterocycles. The van der Waals surface area contributed by atoms with Crippen LogP contribution in [-0.4, -0.2) is 40.0 Å². The molecule has 5 aromatic rings. The van der Waals surface area contributed by atoms with E-state index in [1.807, 2.05) is 91.0 Å². The number of para-hydroxylation sites is 1. The van der Waals surface area contributed by atoms with Gasteiger partial charge in [0.15, 0.2) is 0 Å². The monoisotopic (exact) mass is 591 g/mol. The lowest BCUT2D eigenvalue weighted by molar-refractivity contribution is 0.415. The van der Waals surface area contributed by atoms with Crippen LogP contribution in [0.5, 0.6) is 17.2 Å². The number of hydrogen-bond donors (Lipinski definition) is 4. The number of hydrogen-bond acceptors (Lipinski definition) is 11. The minimum Gasteiger partial charge on any atom is -0.508 e. The highest BCUT2D eigenvalue weighted by molar-refractivity contribution is 7.98. The molecule has 43 heavy (non-hydrogen) atoms. The summed E-state index contributed by atoms with van der Waals surface area (Å²) in [5, 5.41) is 20.1. The Hall–Kier alpha value is -5.29. The molecule has 4 aromatic carbocycles. The van der Waals surface area contributed by atoms with Crippen molar-refractivity contribution < 1.29 is 14.6 Å². The van der Waals surface area contributed by atoms with Crippen LogP contribution in [0.4, 0.5) is 34.9 Å². The van der Waals surface area contributed by atoms with Gasteiger partial charge >= 0.3 is 0 Å². The van der Waals surface area contributed by atoms with E-state index in [4.69, 9.17) is 9.47 Å². The number of aromatic hydroxyl groups is 1. The van der Waals surface area contributed by atoms with Crippen molar-refractivity contribution in [3.8, 4) is 17.2 Å². The Balaban J connectivity index is 1.20. The molecule has 11 heteroatoms. The number of nitrogens with zero attached hydrogens (tertiary/aromatic N) is 4. The average Bonchev–Trinajstić information content (AvgIpc) is 3.52. The van der Waals surface area contributed by atoms with Crippen molar-refractivity contribution in [2.75, 3.05) is 30.2 Å². The molecule has 0 radical (unpaired) electrons. The first-order valence-electron chi connectivity index (χ1n) is 13.5. The van der Waals surface area contributed by atoms with Gasteiger partial charge in [-0.2, -0.15) is 15.0 Å². The van der Waals surface area contributed by atoms with Gasteiger partial charge in [-0.25, -0.2) is 4.40 Å². The van der Waals surface area contributed by atoms with Crippen LogP contribution < -0.4 is 25.4 Å². The van der Waals surface area contributed by atoms with E-state index in [1.165, 1.54) is 11.9 Å². The average molecular weight is 592 g/mol. The third kappa shape index (κ3) is 6.79. The Morgan fingerprint density at radius 3 is 1.58 bits per heavy atom. The van der Waals surface area contributed by atoms with E-state index >= 15 is 0 Å². The van der Waals surface area contributed by atoms with E-state index in [0.29, 0.717) is 23.6 Å². The molecule has 216 valence electrons. The maximum absolute atomic E-state index is 10.2. The van der Waals surface area contributed by atoms with E-state index in [9.17, 15) is 5.11 Å². The van der Waals surface area contributed by atoms with Gasteiger partial charge in [0.25, 0.3) is 0 Å². The van der Waals surface area contributed by atoms with Crippen LogP contribution >= 0.6 is 11.9 Å². The molecule has 0 amide bonds. The zero-order chi connectivity index (χ0) is 29.6. The number of nitrogens with one attached hydrogen (secondary N) is 3. The molecule has 1 aliphatic heterocycles. The molecule has 2 heterocycles. The topological polar surface area (TPSA) is 126 Å². The number of aromatic nitrogens is 3. The predicted molar refractivity (Wildman–Crippen MR) is 172 cm³/mol. The van der Waals surface area contributed by atoms with E-state index in [1.54, 1.807) is 20.3 Å². The summed E-state index contributed by atoms with van der Waals surface area (Å²) in [6.07, 6.45) is 0.739. The molecule has 1 aliphatic rings. The third-order valence-corrected chi connectivity index (χ3v) is 7.76. The Morgan fingerprint density at radius 1 is 0.651 bits per heavy atom. The maximum Gasteiger partial charge on any atom is 0.233 e. The van der Waals surface area contributed by atoms with Gasteiger partial charge in [0.1, 0.15) is 17.2 Å². The minimum absolute atomic E-state index is 0.0902. The van der Waals surface area contributed by atoms with Gasteiger partial charge in [0, 0.05) is 29.0 Å². The van der Waals surface area contributed by atoms with Crippen LogP contribution in [0.25, 0.3) is 0 Å². The molecule has 1 unspecified atom stereocenters. The molecule has 0 aliphatic carbocycles. The number of rotatable bonds is 10. The summed E-state index contributed by atoms with van der Waals surface area (Å²) in [4.78, 5) is 13.8. The quantitative estimate of drug-likeness (QED) is 0.122. The summed E-state index contributed by atoms with van der Waals surface area (Å²) >= 11 is 1.49. The second-order valence-electron chi connectivity index (χ2n) is 9.61. The summed E-state index contributed by atoms with van der Waals surface area (Å²) in [6, 6.07) is 30.4. The fourth-order valence-corrected chi connectivity index (χ4v) is 5.48. The number of phenolic OH excluding ortho intramolecular Hbond substituents is 1. The van der Waals surface area contributed by atoms with Gasteiger partial charge in [0.05, 0.1) is 25.2 Å². The maximum atomic E-state index is 10.2.